The maximum absolute atomic E-state index is 12.3. The van der Waals surface area contributed by atoms with Gasteiger partial charge < -0.3 is 0 Å². The normalized spacial score (nSPS) is 13.1. The Hall–Kier alpha value is -0.580. The van der Waals surface area contributed by atoms with E-state index in [1.165, 1.54) is 30.5 Å². The van der Waals surface area contributed by atoms with Crippen LogP contribution in [0.5, 0.6) is 0 Å². The predicted molar refractivity (Wildman–Crippen MR) is 43.4 cm³/mol. The molecule has 0 saturated carbocycles. The van der Waals surface area contributed by atoms with Crippen molar-refractivity contribution in [3.05, 3.63) is 30.1 Å². The van der Waals surface area contributed by atoms with E-state index in [2.05, 4.69) is 0 Å². The van der Waals surface area contributed by atoms with Gasteiger partial charge in [0, 0.05) is 6.26 Å². The zero-order valence-corrected chi connectivity index (χ0v) is 6.81. The monoisotopic (exact) mass is 176 g/mol. The van der Waals surface area contributed by atoms with Crippen LogP contribution in [0.2, 0.25) is 0 Å². The smallest absolute Gasteiger partial charge is 0.123 e. The Morgan fingerprint density at radius 2 is 1.64 bits per heavy atom. The van der Waals surface area contributed by atoms with E-state index in [1.807, 2.05) is 0 Å². The van der Waals surface area contributed by atoms with Crippen LogP contribution in [0.1, 0.15) is 0 Å². The molecule has 4 heteroatoms. The third kappa shape index (κ3) is 2.18. The fourth-order valence-electron chi connectivity index (χ4n) is 0.692. The molecule has 0 atom stereocenters. The molecule has 0 radical (unpaired) electrons. The summed E-state index contributed by atoms with van der Waals surface area (Å²) in [5, 5.41) is 0. The largest absolute Gasteiger partial charge is 0.295 e. The highest BCUT2D eigenvalue weighted by molar-refractivity contribution is 8.23. The van der Waals surface area contributed by atoms with Crippen molar-refractivity contribution in [2.24, 2.45) is 0 Å². The van der Waals surface area contributed by atoms with Crippen LogP contribution in [-0.2, 0) is 0 Å². The summed E-state index contributed by atoms with van der Waals surface area (Å²) in [6.07, 6.45) is 1.31. The van der Waals surface area contributed by atoms with Gasteiger partial charge in [0.25, 0.3) is 0 Å². The van der Waals surface area contributed by atoms with Gasteiger partial charge in [0.15, 0.2) is 0 Å². The molecule has 0 unspecified atom stereocenters. The molecule has 0 aliphatic carbocycles. The summed E-state index contributed by atoms with van der Waals surface area (Å²) in [7, 11) is -2.69. The highest BCUT2D eigenvalue weighted by Gasteiger charge is 2.06. The summed E-state index contributed by atoms with van der Waals surface area (Å²) >= 11 is 0. The Labute approximate surface area is 66.0 Å². The van der Waals surface area contributed by atoms with Crippen LogP contribution in [0.25, 0.3) is 0 Å². The van der Waals surface area contributed by atoms with E-state index in [0.717, 1.165) is 0 Å². The lowest BCUT2D eigenvalue weighted by molar-refractivity contribution is 0.494. The quantitative estimate of drug-likeness (QED) is 0.690. The predicted octanol–water partition coefficient (Wildman–Crippen LogP) is 2.57. The van der Waals surface area contributed by atoms with Crippen molar-refractivity contribution in [3.8, 4) is 0 Å². The third-order valence-electron chi connectivity index (χ3n) is 1.26. The van der Waals surface area contributed by atoms with Gasteiger partial charge in [-0.1, -0.05) is 0 Å². The molecular formula is C7H9FO2S. The summed E-state index contributed by atoms with van der Waals surface area (Å²) < 4.78 is 30.5. The molecule has 0 heterocycles. The van der Waals surface area contributed by atoms with E-state index in [4.69, 9.17) is 9.11 Å². The van der Waals surface area contributed by atoms with Gasteiger partial charge in [-0.15, -0.1) is 0 Å². The molecular weight excluding hydrogens is 167 g/mol. The minimum absolute atomic E-state index is 0.360. The lowest BCUT2D eigenvalue weighted by Gasteiger charge is -2.26. The molecule has 0 fully saturated rings. The number of hydrogen-bond donors (Lipinski definition) is 2. The van der Waals surface area contributed by atoms with Crippen molar-refractivity contribution in [1.82, 2.24) is 0 Å². The first kappa shape index (κ1) is 8.52. The van der Waals surface area contributed by atoms with E-state index in [0.29, 0.717) is 4.90 Å². The Morgan fingerprint density at radius 1 is 1.18 bits per heavy atom. The number of benzene rings is 1. The molecule has 0 spiro atoms. The van der Waals surface area contributed by atoms with E-state index in [1.54, 1.807) is 0 Å². The molecule has 1 aromatic carbocycles. The first-order valence-electron chi connectivity index (χ1n) is 2.99. The van der Waals surface area contributed by atoms with Crippen molar-refractivity contribution in [3.63, 3.8) is 0 Å². The molecule has 1 aromatic rings. The minimum atomic E-state index is -2.69. The summed E-state index contributed by atoms with van der Waals surface area (Å²) in [5.41, 5.74) is 0. The van der Waals surface area contributed by atoms with E-state index in [-0.39, 0.29) is 5.82 Å². The van der Waals surface area contributed by atoms with Gasteiger partial charge >= 0.3 is 0 Å². The Balaban J connectivity index is 2.99. The van der Waals surface area contributed by atoms with Gasteiger partial charge in [-0.2, -0.15) is 10.6 Å². The topological polar surface area (TPSA) is 40.5 Å². The van der Waals surface area contributed by atoms with E-state index >= 15 is 0 Å². The summed E-state index contributed by atoms with van der Waals surface area (Å²) in [4.78, 5) is 0.360. The second-order valence-corrected chi connectivity index (χ2v) is 4.43. The molecule has 2 N–H and O–H groups in total. The zero-order chi connectivity index (χ0) is 8.48. The number of hydrogen-bond acceptors (Lipinski definition) is 2. The van der Waals surface area contributed by atoms with Crippen molar-refractivity contribution in [2.75, 3.05) is 6.26 Å². The van der Waals surface area contributed by atoms with Crippen LogP contribution < -0.4 is 0 Å². The fourth-order valence-corrected chi connectivity index (χ4v) is 1.34. The van der Waals surface area contributed by atoms with Crippen LogP contribution >= 0.6 is 10.6 Å². The molecule has 62 valence electrons. The second kappa shape index (κ2) is 2.81. The molecule has 0 aliphatic heterocycles. The molecule has 0 aromatic heterocycles. The van der Waals surface area contributed by atoms with Crippen LogP contribution in [-0.4, -0.2) is 15.4 Å². The Kier molecular flexibility index (Phi) is 2.17. The van der Waals surface area contributed by atoms with Gasteiger partial charge in [-0.05, 0) is 24.3 Å². The van der Waals surface area contributed by atoms with Gasteiger partial charge in [0.2, 0.25) is 0 Å². The first-order chi connectivity index (χ1) is 5.00. The molecule has 0 saturated heterocycles. The van der Waals surface area contributed by atoms with E-state index in [9.17, 15) is 4.39 Å². The van der Waals surface area contributed by atoms with Crippen molar-refractivity contribution in [1.29, 1.82) is 0 Å². The van der Waals surface area contributed by atoms with Crippen LogP contribution in [0.4, 0.5) is 4.39 Å². The third-order valence-corrected chi connectivity index (χ3v) is 2.43. The standard InChI is InChI=1S/C7H9FO2S/c1-11(9,10)7-4-2-6(8)3-5-7/h2-5,9-10H,1H3. The van der Waals surface area contributed by atoms with Gasteiger partial charge in [-0.25, -0.2) is 4.39 Å². The SMILES string of the molecule is CS(O)(O)c1ccc(F)cc1. The van der Waals surface area contributed by atoms with Crippen LogP contribution in [0.15, 0.2) is 29.2 Å². The zero-order valence-electron chi connectivity index (χ0n) is 5.99. The first-order valence-corrected chi connectivity index (χ1v) is 4.94. The van der Waals surface area contributed by atoms with Crippen LogP contribution in [0.3, 0.4) is 0 Å². The molecule has 1 rings (SSSR count). The lowest BCUT2D eigenvalue weighted by atomic mass is 10.4. The van der Waals surface area contributed by atoms with Crippen molar-refractivity contribution in [2.45, 2.75) is 4.90 Å². The Morgan fingerprint density at radius 3 is 2.00 bits per heavy atom. The maximum Gasteiger partial charge on any atom is 0.123 e. The van der Waals surface area contributed by atoms with Gasteiger partial charge in [-0.3, -0.25) is 9.11 Å². The van der Waals surface area contributed by atoms with Gasteiger partial charge in [0.1, 0.15) is 5.82 Å². The van der Waals surface area contributed by atoms with Crippen molar-refractivity contribution < 1.29 is 13.5 Å². The summed E-state index contributed by atoms with van der Waals surface area (Å²) in [6, 6.07) is 5.13. The molecule has 2 nitrogen and oxygen atoms in total. The summed E-state index contributed by atoms with van der Waals surface area (Å²) in [6.45, 7) is 0. The molecule has 0 bridgehead atoms. The van der Waals surface area contributed by atoms with Crippen LogP contribution in [0, 0.1) is 5.82 Å². The molecule has 0 aliphatic rings. The number of rotatable bonds is 1. The Bertz CT molecular complexity index is 240. The highest BCUT2D eigenvalue weighted by Crippen LogP contribution is 2.43. The fraction of sp³-hybridized carbons (Fsp3) is 0.143. The summed E-state index contributed by atoms with van der Waals surface area (Å²) in [5.74, 6) is -0.377. The average Bonchev–Trinajstić information content (AvgIpc) is 1.86. The average molecular weight is 176 g/mol. The van der Waals surface area contributed by atoms with Crippen molar-refractivity contribution >= 4 is 10.6 Å². The maximum atomic E-state index is 12.3. The number of halogens is 1. The second-order valence-electron chi connectivity index (χ2n) is 2.29. The minimum Gasteiger partial charge on any atom is -0.295 e. The molecule has 0 amide bonds. The van der Waals surface area contributed by atoms with Gasteiger partial charge in [0.05, 0.1) is 4.90 Å². The lowest BCUT2D eigenvalue weighted by Crippen LogP contribution is -1.93. The highest BCUT2D eigenvalue weighted by atomic mass is 32.3. The molecule has 11 heavy (non-hydrogen) atoms. The van der Waals surface area contributed by atoms with E-state index < -0.39 is 10.6 Å².